The van der Waals surface area contributed by atoms with Crippen LogP contribution in [0.2, 0.25) is 0 Å². The number of amides is 6. The minimum atomic E-state index is -0.757. The number of rotatable bonds is 14. The van der Waals surface area contributed by atoms with Gasteiger partial charge in [-0.1, -0.05) is 0 Å². The predicted octanol–water partition coefficient (Wildman–Crippen LogP) is 2.98. The zero-order valence-corrected chi connectivity index (χ0v) is 22.0. The molecule has 0 saturated carbocycles. The summed E-state index contributed by atoms with van der Waals surface area (Å²) in [6.45, 7) is 11.9. The van der Waals surface area contributed by atoms with Crippen LogP contribution in [0.4, 0.5) is 9.59 Å². The highest BCUT2D eigenvalue weighted by molar-refractivity contribution is 6.03. The molecule has 0 atom stereocenters. The molecule has 0 aliphatic carbocycles. The van der Waals surface area contributed by atoms with Crippen LogP contribution in [-0.4, -0.2) is 92.3 Å². The molecule has 2 rings (SSSR count). The van der Waals surface area contributed by atoms with E-state index < -0.39 is 11.1 Å². The summed E-state index contributed by atoms with van der Waals surface area (Å²) in [7, 11) is 0. The first-order valence-electron chi connectivity index (χ1n) is 12.5. The van der Waals surface area contributed by atoms with E-state index in [1.165, 1.54) is 19.6 Å². The summed E-state index contributed by atoms with van der Waals surface area (Å²) >= 11 is 0. The molecule has 0 spiro atoms. The van der Waals surface area contributed by atoms with Crippen molar-refractivity contribution in [1.82, 2.24) is 19.6 Å². The van der Waals surface area contributed by atoms with Crippen LogP contribution >= 0.6 is 0 Å². The van der Waals surface area contributed by atoms with Gasteiger partial charge in [0.05, 0.1) is 0 Å². The first kappa shape index (κ1) is 28.5. The molecule has 0 bridgehead atoms. The molecule has 10 nitrogen and oxygen atoms in total. The van der Waals surface area contributed by atoms with Crippen molar-refractivity contribution in [1.29, 1.82) is 0 Å². The third kappa shape index (κ3) is 6.67. The fourth-order valence-corrected chi connectivity index (χ4v) is 4.63. The van der Waals surface area contributed by atoms with Gasteiger partial charge in [0.2, 0.25) is 0 Å². The van der Waals surface area contributed by atoms with Gasteiger partial charge in [-0.3, -0.25) is 29.0 Å². The van der Waals surface area contributed by atoms with Crippen molar-refractivity contribution in [2.45, 2.75) is 97.6 Å². The SMILES string of the molecule is CCN1CC(=O)N(C(C)(C)CCC(=O)CCCC(=O)CCC(C)(C)N2C(=O)CN(CC)C2=O)C1=O. The van der Waals surface area contributed by atoms with Gasteiger partial charge >= 0.3 is 12.1 Å². The van der Waals surface area contributed by atoms with E-state index in [4.69, 9.17) is 0 Å². The quantitative estimate of drug-likeness (QED) is 0.344. The van der Waals surface area contributed by atoms with E-state index in [0.717, 1.165) is 0 Å². The lowest BCUT2D eigenvalue weighted by Gasteiger charge is -2.33. The van der Waals surface area contributed by atoms with Gasteiger partial charge in [-0.05, 0) is 60.8 Å². The fourth-order valence-electron chi connectivity index (χ4n) is 4.63. The van der Waals surface area contributed by atoms with Crippen LogP contribution < -0.4 is 0 Å². The van der Waals surface area contributed by atoms with Crippen molar-refractivity contribution in [3.05, 3.63) is 0 Å². The first-order chi connectivity index (χ1) is 16.2. The van der Waals surface area contributed by atoms with Crippen molar-refractivity contribution in [2.24, 2.45) is 0 Å². The zero-order valence-electron chi connectivity index (χ0n) is 22.0. The number of hydrogen-bond donors (Lipinski definition) is 0. The second-order valence-electron chi connectivity index (χ2n) is 10.6. The summed E-state index contributed by atoms with van der Waals surface area (Å²) < 4.78 is 0. The van der Waals surface area contributed by atoms with Crippen LogP contribution in [0.3, 0.4) is 0 Å². The predicted molar refractivity (Wildman–Crippen MR) is 129 cm³/mol. The number of imide groups is 2. The summed E-state index contributed by atoms with van der Waals surface area (Å²) in [5.74, 6) is -0.513. The van der Waals surface area contributed by atoms with Gasteiger partial charge in [0.1, 0.15) is 24.7 Å². The molecule has 2 saturated heterocycles. The normalized spacial score (nSPS) is 17.3. The highest BCUT2D eigenvalue weighted by Gasteiger charge is 2.45. The van der Waals surface area contributed by atoms with E-state index in [1.807, 2.05) is 13.8 Å². The molecule has 0 unspecified atom stereocenters. The fraction of sp³-hybridized carbons (Fsp3) is 0.760. The molecule has 0 aromatic carbocycles. The molecule has 6 amide bonds. The van der Waals surface area contributed by atoms with Gasteiger partial charge in [0, 0.05) is 49.9 Å². The van der Waals surface area contributed by atoms with E-state index in [2.05, 4.69) is 0 Å². The van der Waals surface area contributed by atoms with Crippen LogP contribution in [0.5, 0.6) is 0 Å². The minimum absolute atomic E-state index is 0.00874. The van der Waals surface area contributed by atoms with Crippen molar-refractivity contribution < 1.29 is 28.8 Å². The molecule has 35 heavy (non-hydrogen) atoms. The molecule has 2 fully saturated rings. The Morgan fingerprint density at radius 3 is 1.29 bits per heavy atom. The Balaban J connectivity index is 1.74. The largest absolute Gasteiger partial charge is 0.327 e. The number of Topliss-reactive ketones (excluding diaryl/α,β-unsaturated/α-hetero) is 2. The van der Waals surface area contributed by atoms with Gasteiger partial charge in [0.15, 0.2) is 0 Å². The lowest BCUT2D eigenvalue weighted by Crippen LogP contribution is -2.48. The average Bonchev–Trinajstić information content (AvgIpc) is 3.24. The maximum Gasteiger partial charge on any atom is 0.327 e. The lowest BCUT2D eigenvalue weighted by molar-refractivity contribution is -0.130. The molecule has 196 valence electrons. The molecule has 0 radical (unpaired) electrons. The molecule has 0 aromatic rings. The molecular weight excluding hydrogens is 452 g/mol. The maximum atomic E-state index is 12.4. The number of hydrogen-bond acceptors (Lipinski definition) is 6. The Labute approximate surface area is 207 Å². The van der Waals surface area contributed by atoms with Crippen LogP contribution in [0, 0.1) is 0 Å². The molecule has 2 aliphatic rings. The maximum absolute atomic E-state index is 12.4. The minimum Gasteiger partial charge on any atom is -0.315 e. The highest BCUT2D eigenvalue weighted by Crippen LogP contribution is 2.28. The molecule has 0 aromatic heterocycles. The number of nitrogens with zero attached hydrogens (tertiary/aromatic N) is 4. The van der Waals surface area contributed by atoms with Gasteiger partial charge in [-0.25, -0.2) is 9.59 Å². The summed E-state index contributed by atoms with van der Waals surface area (Å²) in [5, 5.41) is 0. The standard InChI is InChI=1S/C25H40N4O6/c1-7-26-16-20(32)28(22(26)34)24(3,4)14-12-18(30)10-9-11-19(31)13-15-25(5,6)29-21(33)17-27(8-2)23(29)35/h7-17H2,1-6H3. The summed E-state index contributed by atoms with van der Waals surface area (Å²) in [4.78, 5) is 79.7. The van der Waals surface area contributed by atoms with E-state index in [0.29, 0.717) is 32.4 Å². The number of carbonyl (C=O) groups excluding carboxylic acids is 6. The number of likely N-dealkylation sites (N-methyl/N-ethyl adjacent to an activating group) is 2. The lowest BCUT2D eigenvalue weighted by atomic mass is 9.92. The molecule has 2 aliphatic heterocycles. The Kier molecular flexibility index (Phi) is 9.19. The average molecular weight is 493 g/mol. The second-order valence-corrected chi connectivity index (χ2v) is 10.6. The molecule has 0 N–H and O–H groups in total. The molecule has 10 heteroatoms. The van der Waals surface area contributed by atoms with Crippen LogP contribution in [0.1, 0.15) is 86.5 Å². The highest BCUT2D eigenvalue weighted by atomic mass is 16.2. The van der Waals surface area contributed by atoms with Gasteiger partial charge in [0.25, 0.3) is 11.8 Å². The third-order valence-electron chi connectivity index (χ3n) is 6.99. The van der Waals surface area contributed by atoms with Gasteiger partial charge < -0.3 is 9.80 Å². The van der Waals surface area contributed by atoms with E-state index in [1.54, 1.807) is 27.7 Å². The topological polar surface area (TPSA) is 115 Å². The Morgan fingerprint density at radius 1 is 0.657 bits per heavy atom. The summed E-state index contributed by atoms with van der Waals surface area (Å²) in [6, 6.07) is -0.633. The van der Waals surface area contributed by atoms with Crippen molar-refractivity contribution >= 4 is 35.4 Å². The molecule has 2 heterocycles. The van der Waals surface area contributed by atoms with E-state index >= 15 is 0 Å². The van der Waals surface area contributed by atoms with E-state index in [-0.39, 0.29) is 74.2 Å². The third-order valence-corrected chi connectivity index (χ3v) is 6.99. The second kappa shape index (κ2) is 11.3. The van der Waals surface area contributed by atoms with Crippen molar-refractivity contribution in [3.8, 4) is 0 Å². The Morgan fingerprint density at radius 2 is 1.00 bits per heavy atom. The Hall–Kier alpha value is -2.78. The summed E-state index contributed by atoms with van der Waals surface area (Å²) in [5.41, 5.74) is -1.51. The van der Waals surface area contributed by atoms with Crippen LogP contribution in [-0.2, 0) is 19.2 Å². The first-order valence-corrected chi connectivity index (χ1v) is 12.5. The van der Waals surface area contributed by atoms with Crippen molar-refractivity contribution in [3.63, 3.8) is 0 Å². The van der Waals surface area contributed by atoms with E-state index in [9.17, 15) is 28.8 Å². The Bertz CT molecular complexity index is 811. The van der Waals surface area contributed by atoms with Crippen molar-refractivity contribution in [2.75, 3.05) is 26.2 Å². The zero-order chi connectivity index (χ0) is 26.6. The van der Waals surface area contributed by atoms with Crippen LogP contribution in [0.15, 0.2) is 0 Å². The van der Waals surface area contributed by atoms with Gasteiger partial charge in [-0.2, -0.15) is 0 Å². The number of carbonyl (C=O) groups is 6. The number of ketones is 2. The van der Waals surface area contributed by atoms with Crippen LogP contribution in [0.25, 0.3) is 0 Å². The molecular formula is C25H40N4O6. The number of urea groups is 2. The smallest absolute Gasteiger partial charge is 0.315 e. The monoisotopic (exact) mass is 492 g/mol. The summed E-state index contributed by atoms with van der Waals surface area (Å²) in [6.07, 6.45) is 2.13. The van der Waals surface area contributed by atoms with Gasteiger partial charge in [-0.15, -0.1) is 0 Å².